The number of amides is 2. The van der Waals surface area contributed by atoms with Gasteiger partial charge in [0.2, 0.25) is 5.91 Å². The van der Waals surface area contributed by atoms with Crippen LogP contribution >= 0.6 is 11.6 Å². The van der Waals surface area contributed by atoms with Gasteiger partial charge in [0, 0.05) is 10.6 Å². The molecule has 2 N–H and O–H groups in total. The van der Waals surface area contributed by atoms with Crippen LogP contribution in [0, 0.1) is 11.6 Å². The van der Waals surface area contributed by atoms with Crippen LogP contribution in [-0.2, 0) is 4.79 Å². The van der Waals surface area contributed by atoms with Gasteiger partial charge >= 0.3 is 0 Å². The maximum atomic E-state index is 13.2. The van der Waals surface area contributed by atoms with Crippen molar-refractivity contribution in [3.8, 4) is 0 Å². The van der Waals surface area contributed by atoms with Gasteiger partial charge in [-0.15, -0.1) is 0 Å². The van der Waals surface area contributed by atoms with Crippen molar-refractivity contribution in [2.24, 2.45) is 0 Å². The molecule has 126 valence electrons. The fourth-order valence-electron chi connectivity index (χ4n) is 2.05. The van der Waals surface area contributed by atoms with Crippen LogP contribution in [-0.4, -0.2) is 18.4 Å². The van der Waals surface area contributed by atoms with Crippen LogP contribution in [0.15, 0.2) is 42.5 Å². The van der Waals surface area contributed by atoms with Gasteiger partial charge in [-0.05, 0) is 42.8 Å². The molecule has 0 aliphatic carbocycles. The molecule has 0 aliphatic heterocycles. The van der Waals surface area contributed by atoms with E-state index in [1.807, 2.05) is 0 Å². The summed E-state index contributed by atoms with van der Waals surface area (Å²) in [6.07, 6.45) is 0. The van der Waals surface area contributed by atoms with Gasteiger partial charge in [0.25, 0.3) is 5.91 Å². The minimum Gasteiger partial charge on any atom is -0.348 e. The van der Waals surface area contributed by atoms with Crippen molar-refractivity contribution in [3.05, 3.63) is 70.2 Å². The van der Waals surface area contributed by atoms with Crippen LogP contribution in [0.3, 0.4) is 0 Å². The lowest BCUT2D eigenvalue weighted by Gasteiger charge is -2.15. The Balaban J connectivity index is 1.88. The van der Waals surface area contributed by atoms with Crippen LogP contribution in [0.1, 0.15) is 28.9 Å². The first-order valence-corrected chi connectivity index (χ1v) is 7.52. The van der Waals surface area contributed by atoms with Crippen molar-refractivity contribution in [1.82, 2.24) is 10.6 Å². The van der Waals surface area contributed by atoms with E-state index in [-0.39, 0.29) is 6.54 Å². The number of hydrogen-bond acceptors (Lipinski definition) is 2. The minimum atomic E-state index is -0.983. The Morgan fingerprint density at radius 2 is 1.88 bits per heavy atom. The highest BCUT2D eigenvalue weighted by Gasteiger charge is 2.13. The number of carbonyl (C=O) groups is 2. The Morgan fingerprint density at radius 3 is 2.54 bits per heavy atom. The highest BCUT2D eigenvalue weighted by atomic mass is 35.5. The molecule has 0 bridgehead atoms. The van der Waals surface area contributed by atoms with Gasteiger partial charge in [0.05, 0.1) is 12.6 Å². The number of halogens is 3. The lowest BCUT2D eigenvalue weighted by Crippen LogP contribution is -2.38. The molecule has 2 aromatic carbocycles. The summed E-state index contributed by atoms with van der Waals surface area (Å²) in [4.78, 5) is 23.8. The van der Waals surface area contributed by atoms with E-state index in [1.165, 1.54) is 12.1 Å². The second-order valence-corrected chi connectivity index (χ2v) is 5.59. The van der Waals surface area contributed by atoms with Gasteiger partial charge in [-0.25, -0.2) is 8.78 Å². The third-order valence-electron chi connectivity index (χ3n) is 3.32. The third-order valence-corrected chi connectivity index (χ3v) is 3.55. The topological polar surface area (TPSA) is 58.2 Å². The molecule has 0 aromatic heterocycles. The first-order valence-electron chi connectivity index (χ1n) is 7.15. The molecule has 2 amide bonds. The molecule has 0 saturated heterocycles. The van der Waals surface area contributed by atoms with Gasteiger partial charge < -0.3 is 10.6 Å². The van der Waals surface area contributed by atoms with E-state index in [4.69, 9.17) is 11.6 Å². The number of rotatable bonds is 5. The Labute approximate surface area is 142 Å². The van der Waals surface area contributed by atoms with Crippen LogP contribution in [0.4, 0.5) is 8.78 Å². The average Bonchev–Trinajstić information content (AvgIpc) is 2.55. The molecule has 4 nitrogen and oxygen atoms in total. The molecule has 0 fully saturated rings. The summed E-state index contributed by atoms with van der Waals surface area (Å²) in [7, 11) is 0. The molecule has 24 heavy (non-hydrogen) atoms. The zero-order valence-electron chi connectivity index (χ0n) is 12.8. The maximum Gasteiger partial charge on any atom is 0.251 e. The van der Waals surface area contributed by atoms with Crippen LogP contribution < -0.4 is 10.6 Å². The first-order chi connectivity index (χ1) is 11.4. The minimum absolute atomic E-state index is 0.251. The summed E-state index contributed by atoms with van der Waals surface area (Å²) in [6.45, 7) is 1.38. The fourth-order valence-corrected chi connectivity index (χ4v) is 2.24. The highest BCUT2D eigenvalue weighted by Crippen LogP contribution is 2.15. The summed E-state index contributed by atoms with van der Waals surface area (Å²) in [5.41, 5.74) is 0.757. The van der Waals surface area contributed by atoms with Gasteiger partial charge in [0.1, 0.15) is 0 Å². The van der Waals surface area contributed by atoms with E-state index in [0.29, 0.717) is 16.1 Å². The lowest BCUT2D eigenvalue weighted by atomic mass is 10.1. The quantitative estimate of drug-likeness (QED) is 0.868. The van der Waals surface area contributed by atoms with Crippen molar-refractivity contribution >= 4 is 23.4 Å². The van der Waals surface area contributed by atoms with Crippen LogP contribution in [0.25, 0.3) is 0 Å². The Bertz CT molecular complexity index is 768. The fraction of sp³-hybridized carbons (Fsp3) is 0.176. The first kappa shape index (κ1) is 17.9. The van der Waals surface area contributed by atoms with Gasteiger partial charge in [0.15, 0.2) is 11.6 Å². The Morgan fingerprint density at radius 1 is 1.12 bits per heavy atom. The van der Waals surface area contributed by atoms with Crippen LogP contribution in [0.2, 0.25) is 5.02 Å². The van der Waals surface area contributed by atoms with Gasteiger partial charge in [-0.2, -0.15) is 0 Å². The van der Waals surface area contributed by atoms with Crippen molar-refractivity contribution < 1.29 is 18.4 Å². The SMILES string of the molecule is CC(NC(=O)CNC(=O)c1cccc(Cl)c1)c1ccc(F)c(F)c1. The van der Waals surface area contributed by atoms with E-state index in [9.17, 15) is 18.4 Å². The van der Waals surface area contributed by atoms with E-state index >= 15 is 0 Å². The van der Waals surface area contributed by atoms with Crippen molar-refractivity contribution in [1.29, 1.82) is 0 Å². The molecule has 7 heteroatoms. The lowest BCUT2D eigenvalue weighted by molar-refractivity contribution is -0.120. The Kier molecular flexibility index (Phi) is 5.87. The van der Waals surface area contributed by atoms with Gasteiger partial charge in [-0.1, -0.05) is 23.7 Å². The molecule has 1 atom stereocenters. The standard InChI is InChI=1S/C17H15ClF2N2O2/c1-10(11-5-6-14(19)15(20)8-11)22-16(23)9-21-17(24)12-3-2-4-13(18)7-12/h2-8,10H,9H2,1H3,(H,21,24)(H,22,23). The molecule has 1 unspecified atom stereocenters. The Hall–Kier alpha value is -2.47. The van der Waals surface area contributed by atoms with Crippen molar-refractivity contribution in [2.45, 2.75) is 13.0 Å². The summed E-state index contributed by atoms with van der Waals surface area (Å²) in [5, 5.41) is 5.47. The second-order valence-electron chi connectivity index (χ2n) is 5.16. The summed E-state index contributed by atoms with van der Waals surface area (Å²) in [5.74, 6) is -2.83. The zero-order chi connectivity index (χ0) is 17.7. The molecule has 0 radical (unpaired) electrons. The monoisotopic (exact) mass is 352 g/mol. The number of hydrogen-bond donors (Lipinski definition) is 2. The largest absolute Gasteiger partial charge is 0.348 e. The predicted octanol–water partition coefficient (Wildman–Crippen LogP) is 3.23. The maximum absolute atomic E-state index is 13.2. The molecule has 0 saturated carbocycles. The average molecular weight is 353 g/mol. The van der Waals surface area contributed by atoms with E-state index in [2.05, 4.69) is 10.6 Å². The molecular weight excluding hydrogens is 338 g/mol. The van der Waals surface area contributed by atoms with Crippen LogP contribution in [0.5, 0.6) is 0 Å². The highest BCUT2D eigenvalue weighted by molar-refractivity contribution is 6.30. The smallest absolute Gasteiger partial charge is 0.251 e. The summed E-state index contributed by atoms with van der Waals surface area (Å²) < 4.78 is 26.1. The van der Waals surface area contributed by atoms with Gasteiger partial charge in [-0.3, -0.25) is 9.59 Å². The summed E-state index contributed by atoms with van der Waals surface area (Å²) in [6, 6.07) is 9.18. The molecule has 2 aromatic rings. The predicted molar refractivity (Wildman–Crippen MR) is 86.7 cm³/mol. The number of carbonyl (C=O) groups excluding carboxylic acids is 2. The second kappa shape index (κ2) is 7.88. The normalized spacial score (nSPS) is 11.7. The van der Waals surface area contributed by atoms with E-state index in [1.54, 1.807) is 25.1 Å². The molecule has 0 aliphatic rings. The summed E-state index contributed by atoms with van der Waals surface area (Å²) >= 11 is 5.80. The number of nitrogens with one attached hydrogen (secondary N) is 2. The molecule has 2 rings (SSSR count). The third kappa shape index (κ3) is 4.76. The zero-order valence-corrected chi connectivity index (χ0v) is 13.5. The molecule has 0 spiro atoms. The van der Waals surface area contributed by atoms with E-state index in [0.717, 1.165) is 12.1 Å². The molecule has 0 heterocycles. The van der Waals surface area contributed by atoms with E-state index < -0.39 is 29.5 Å². The van der Waals surface area contributed by atoms with Crippen molar-refractivity contribution in [2.75, 3.05) is 6.54 Å². The number of benzene rings is 2. The molecular formula is C17H15ClF2N2O2. The van der Waals surface area contributed by atoms with Crippen molar-refractivity contribution in [3.63, 3.8) is 0 Å².